The maximum atomic E-state index is 12.3. The Morgan fingerprint density at radius 1 is 1.38 bits per heavy atom. The number of hydrogen-bond acceptors (Lipinski definition) is 5. The quantitative estimate of drug-likeness (QED) is 0.775. The summed E-state index contributed by atoms with van der Waals surface area (Å²) in [5.41, 5.74) is 0.784. The molecule has 0 bridgehead atoms. The van der Waals surface area contributed by atoms with E-state index in [9.17, 15) is 14.4 Å². The van der Waals surface area contributed by atoms with Gasteiger partial charge in [-0.15, -0.1) is 11.8 Å². The molecule has 1 heterocycles. The largest absolute Gasteiger partial charge is 0.465 e. The molecule has 0 atom stereocenters. The number of anilines is 1. The summed E-state index contributed by atoms with van der Waals surface area (Å²) < 4.78 is 4.71. The van der Waals surface area contributed by atoms with Gasteiger partial charge in [0.1, 0.15) is 6.54 Å². The summed E-state index contributed by atoms with van der Waals surface area (Å²) in [7, 11) is 2.87. The summed E-state index contributed by atoms with van der Waals surface area (Å²) in [5, 5.41) is 0. The van der Waals surface area contributed by atoms with Crippen LogP contribution >= 0.6 is 11.8 Å². The zero-order valence-electron chi connectivity index (χ0n) is 11.9. The maximum absolute atomic E-state index is 12.3. The van der Waals surface area contributed by atoms with Crippen molar-refractivity contribution in [3.63, 3.8) is 0 Å². The van der Waals surface area contributed by atoms with E-state index in [1.165, 1.54) is 28.7 Å². The summed E-state index contributed by atoms with van der Waals surface area (Å²) in [6.07, 6.45) is 0. The summed E-state index contributed by atoms with van der Waals surface area (Å²) in [6.45, 7) is 0.0117. The molecular formula is C14H16N2O4S. The number of likely N-dealkylation sites (N-methyl/N-ethyl adjacent to an activating group) is 1. The monoisotopic (exact) mass is 308 g/mol. The summed E-state index contributed by atoms with van der Waals surface area (Å²) in [6, 6.07) is 6.71. The van der Waals surface area contributed by atoms with Crippen LogP contribution in [0, 0.1) is 0 Å². The standard InChI is InChI=1S/C14H16N2O4S/c1-15(12(17)7-16-9-21-8-13(16)18)11-6-4-3-5-10(11)14(19)20-2/h3-6H,7-9H2,1-2H3. The minimum atomic E-state index is -0.502. The molecule has 0 radical (unpaired) electrons. The number of thioether (sulfide) groups is 1. The number of ether oxygens (including phenoxy) is 1. The summed E-state index contributed by atoms with van der Waals surface area (Å²) in [5.74, 6) is 0.149. The molecular weight excluding hydrogens is 292 g/mol. The highest BCUT2D eigenvalue weighted by atomic mass is 32.2. The molecule has 1 aliphatic rings. The lowest BCUT2D eigenvalue weighted by molar-refractivity contribution is -0.131. The van der Waals surface area contributed by atoms with Crippen molar-refractivity contribution in [2.45, 2.75) is 0 Å². The van der Waals surface area contributed by atoms with Gasteiger partial charge in [-0.2, -0.15) is 0 Å². The van der Waals surface area contributed by atoms with Gasteiger partial charge in [0.05, 0.1) is 30.0 Å². The van der Waals surface area contributed by atoms with Crippen molar-refractivity contribution in [3.05, 3.63) is 29.8 Å². The molecule has 1 saturated heterocycles. The van der Waals surface area contributed by atoms with Crippen LogP contribution in [0.4, 0.5) is 5.69 Å². The van der Waals surface area contributed by atoms with E-state index in [1.807, 2.05) is 0 Å². The Morgan fingerprint density at radius 2 is 2.10 bits per heavy atom. The number of carbonyl (C=O) groups is 3. The molecule has 0 spiro atoms. The fraction of sp³-hybridized carbons (Fsp3) is 0.357. The minimum absolute atomic E-state index is 0.0117. The van der Waals surface area contributed by atoms with Gasteiger partial charge in [0.25, 0.3) is 0 Å². The van der Waals surface area contributed by atoms with Crippen LogP contribution in [0.5, 0.6) is 0 Å². The van der Waals surface area contributed by atoms with Crippen LogP contribution in [-0.2, 0) is 14.3 Å². The van der Waals surface area contributed by atoms with Crippen molar-refractivity contribution in [1.82, 2.24) is 4.90 Å². The Morgan fingerprint density at radius 3 is 2.71 bits per heavy atom. The smallest absolute Gasteiger partial charge is 0.339 e. The van der Waals surface area contributed by atoms with Gasteiger partial charge < -0.3 is 14.5 Å². The topological polar surface area (TPSA) is 66.9 Å². The fourth-order valence-corrected chi connectivity index (χ4v) is 2.90. The molecule has 0 saturated carbocycles. The Balaban J connectivity index is 2.15. The van der Waals surface area contributed by atoms with Gasteiger partial charge in [-0.25, -0.2) is 4.79 Å². The third-order valence-corrected chi connectivity index (χ3v) is 4.14. The molecule has 0 unspecified atom stereocenters. The fourth-order valence-electron chi connectivity index (χ4n) is 1.99. The van der Waals surface area contributed by atoms with Gasteiger partial charge in [-0.1, -0.05) is 12.1 Å². The molecule has 1 aromatic rings. The average Bonchev–Trinajstić information content (AvgIpc) is 2.90. The lowest BCUT2D eigenvalue weighted by Crippen LogP contribution is -2.39. The number of rotatable bonds is 4. The first kappa shape index (κ1) is 15.4. The molecule has 6 nitrogen and oxygen atoms in total. The predicted octanol–water partition coefficient (Wildman–Crippen LogP) is 0.969. The van der Waals surface area contributed by atoms with E-state index in [0.29, 0.717) is 22.9 Å². The number of methoxy groups -OCH3 is 1. The van der Waals surface area contributed by atoms with Crippen LogP contribution in [0.15, 0.2) is 24.3 Å². The van der Waals surface area contributed by atoms with Crippen molar-refractivity contribution in [3.8, 4) is 0 Å². The zero-order valence-corrected chi connectivity index (χ0v) is 12.7. The molecule has 2 rings (SSSR count). The lowest BCUT2D eigenvalue weighted by Gasteiger charge is -2.22. The van der Waals surface area contributed by atoms with E-state index >= 15 is 0 Å². The Labute approximate surface area is 127 Å². The molecule has 7 heteroatoms. The minimum Gasteiger partial charge on any atom is -0.465 e. The molecule has 1 fully saturated rings. The summed E-state index contributed by atoms with van der Waals surface area (Å²) in [4.78, 5) is 38.4. The van der Waals surface area contributed by atoms with Gasteiger partial charge in [0.2, 0.25) is 11.8 Å². The first-order valence-corrected chi connectivity index (χ1v) is 7.49. The lowest BCUT2D eigenvalue weighted by atomic mass is 10.1. The highest BCUT2D eigenvalue weighted by Crippen LogP contribution is 2.21. The third kappa shape index (κ3) is 3.36. The molecule has 1 aliphatic heterocycles. The van der Waals surface area contributed by atoms with E-state index in [1.54, 1.807) is 31.3 Å². The molecule has 0 aliphatic carbocycles. The highest BCUT2D eigenvalue weighted by molar-refractivity contribution is 8.00. The van der Waals surface area contributed by atoms with Crippen LogP contribution in [0.2, 0.25) is 0 Å². The SMILES string of the molecule is COC(=O)c1ccccc1N(C)C(=O)CN1CSCC1=O. The van der Waals surface area contributed by atoms with Crippen molar-refractivity contribution in [1.29, 1.82) is 0 Å². The Kier molecular flexibility index (Phi) is 4.85. The molecule has 0 aromatic heterocycles. The van der Waals surface area contributed by atoms with Gasteiger partial charge in [-0.05, 0) is 12.1 Å². The van der Waals surface area contributed by atoms with E-state index in [2.05, 4.69) is 0 Å². The first-order valence-electron chi connectivity index (χ1n) is 6.34. The van der Waals surface area contributed by atoms with E-state index < -0.39 is 5.97 Å². The van der Waals surface area contributed by atoms with Crippen molar-refractivity contribution in [2.75, 3.05) is 37.2 Å². The van der Waals surface area contributed by atoms with Crippen LogP contribution in [0.3, 0.4) is 0 Å². The average molecular weight is 308 g/mol. The van der Waals surface area contributed by atoms with Crippen LogP contribution < -0.4 is 4.90 Å². The first-order chi connectivity index (χ1) is 10.0. The van der Waals surface area contributed by atoms with Crippen LogP contribution in [-0.4, -0.2) is 55.0 Å². The number of hydrogen-bond donors (Lipinski definition) is 0. The normalized spacial score (nSPS) is 14.2. The molecule has 21 heavy (non-hydrogen) atoms. The second kappa shape index (κ2) is 6.62. The van der Waals surface area contributed by atoms with E-state index in [0.717, 1.165) is 0 Å². The number of carbonyl (C=O) groups excluding carboxylic acids is 3. The number of amides is 2. The van der Waals surface area contributed by atoms with Crippen molar-refractivity contribution < 1.29 is 19.1 Å². The molecule has 2 amide bonds. The Hall–Kier alpha value is -2.02. The van der Waals surface area contributed by atoms with Crippen LogP contribution in [0.25, 0.3) is 0 Å². The number of para-hydroxylation sites is 1. The number of benzene rings is 1. The summed E-state index contributed by atoms with van der Waals surface area (Å²) >= 11 is 1.48. The second-order valence-electron chi connectivity index (χ2n) is 4.53. The van der Waals surface area contributed by atoms with Gasteiger partial charge in [-0.3, -0.25) is 9.59 Å². The number of nitrogens with zero attached hydrogens (tertiary/aromatic N) is 2. The van der Waals surface area contributed by atoms with Gasteiger partial charge in [0.15, 0.2) is 0 Å². The zero-order chi connectivity index (χ0) is 15.4. The Bertz CT molecular complexity index is 576. The van der Waals surface area contributed by atoms with Gasteiger partial charge in [0, 0.05) is 7.05 Å². The third-order valence-electron chi connectivity index (χ3n) is 3.20. The van der Waals surface area contributed by atoms with Gasteiger partial charge >= 0.3 is 5.97 Å². The molecule has 1 aromatic carbocycles. The maximum Gasteiger partial charge on any atom is 0.339 e. The van der Waals surface area contributed by atoms with E-state index in [4.69, 9.17) is 4.74 Å². The number of esters is 1. The van der Waals surface area contributed by atoms with Crippen molar-refractivity contribution in [2.24, 2.45) is 0 Å². The molecule has 112 valence electrons. The van der Waals surface area contributed by atoms with Crippen molar-refractivity contribution >= 4 is 35.2 Å². The predicted molar refractivity (Wildman–Crippen MR) is 80.2 cm³/mol. The van der Waals surface area contributed by atoms with Crippen LogP contribution in [0.1, 0.15) is 10.4 Å². The molecule has 0 N–H and O–H groups in total. The van der Waals surface area contributed by atoms with E-state index in [-0.39, 0.29) is 18.4 Å². The second-order valence-corrected chi connectivity index (χ2v) is 5.49. The highest BCUT2D eigenvalue weighted by Gasteiger charge is 2.26.